The Kier molecular flexibility index (Phi) is 1.67. The summed E-state index contributed by atoms with van der Waals surface area (Å²) in [4.78, 5) is 2.88. The van der Waals surface area contributed by atoms with Crippen molar-refractivity contribution in [1.29, 1.82) is 0 Å². The van der Waals surface area contributed by atoms with Crippen LogP contribution in [-0.2, 0) is 0 Å². The highest BCUT2D eigenvalue weighted by Crippen LogP contribution is 2.75. The summed E-state index contributed by atoms with van der Waals surface area (Å²) >= 11 is 0. The van der Waals surface area contributed by atoms with Crippen LogP contribution in [0.25, 0.3) is 0 Å². The van der Waals surface area contributed by atoms with E-state index in [1.54, 1.807) is 0 Å². The van der Waals surface area contributed by atoms with E-state index in [-0.39, 0.29) is 0 Å². The van der Waals surface area contributed by atoms with Crippen LogP contribution in [0.15, 0.2) is 0 Å². The first-order chi connectivity index (χ1) is 7.40. The van der Waals surface area contributed by atoms with Crippen LogP contribution in [0.5, 0.6) is 0 Å². The molecule has 0 aromatic carbocycles. The largest absolute Gasteiger partial charge is 0.314 e. The molecule has 0 aromatic heterocycles. The van der Waals surface area contributed by atoms with Gasteiger partial charge in [0.15, 0.2) is 0 Å². The number of hydrogen-bond acceptors (Lipinski definition) is 2. The summed E-state index contributed by atoms with van der Waals surface area (Å²) in [5, 5.41) is 3.68. The van der Waals surface area contributed by atoms with E-state index in [1.165, 1.54) is 64.7 Å². The van der Waals surface area contributed by atoms with Gasteiger partial charge in [0.1, 0.15) is 0 Å². The Bertz CT molecular complexity index is 280. The maximum absolute atomic E-state index is 3.68. The average Bonchev–Trinajstić information content (AvgIpc) is 2.70. The standard InChI is InChI=1S/C13H22N2/c1-2-7-15(8-3-1)13-10-14-9-12(13)6-4-5-11(12)13/h11,14H,1-10H2/t11-,12+,13-/m0/s1. The Morgan fingerprint density at radius 1 is 1.00 bits per heavy atom. The zero-order valence-corrected chi connectivity index (χ0v) is 9.60. The molecule has 0 unspecified atom stereocenters. The van der Waals surface area contributed by atoms with Gasteiger partial charge in [0.05, 0.1) is 0 Å². The summed E-state index contributed by atoms with van der Waals surface area (Å²) < 4.78 is 0. The van der Waals surface area contributed by atoms with E-state index in [2.05, 4.69) is 10.2 Å². The van der Waals surface area contributed by atoms with Crippen LogP contribution in [0.4, 0.5) is 0 Å². The SMILES string of the molecule is C1CCN([C@]23CNC[C@@]24CCC[C@@H]43)CC1. The average molecular weight is 206 g/mol. The fourth-order valence-corrected chi connectivity index (χ4v) is 5.35. The van der Waals surface area contributed by atoms with Gasteiger partial charge in [0.2, 0.25) is 0 Å². The molecule has 2 aliphatic heterocycles. The lowest BCUT2D eigenvalue weighted by molar-refractivity contribution is 0.116. The van der Waals surface area contributed by atoms with E-state index >= 15 is 0 Å². The number of rotatable bonds is 1. The first-order valence-corrected chi connectivity index (χ1v) is 6.86. The fraction of sp³-hybridized carbons (Fsp3) is 1.00. The van der Waals surface area contributed by atoms with Crippen LogP contribution in [0, 0.1) is 11.3 Å². The highest BCUT2D eigenvalue weighted by molar-refractivity contribution is 5.35. The van der Waals surface area contributed by atoms with Crippen LogP contribution >= 0.6 is 0 Å². The van der Waals surface area contributed by atoms with Gasteiger partial charge in [0.25, 0.3) is 0 Å². The van der Waals surface area contributed by atoms with Gasteiger partial charge in [-0.25, -0.2) is 0 Å². The van der Waals surface area contributed by atoms with Gasteiger partial charge in [-0.1, -0.05) is 12.8 Å². The quantitative estimate of drug-likeness (QED) is 0.701. The maximum atomic E-state index is 3.68. The van der Waals surface area contributed by atoms with Crippen molar-refractivity contribution in [2.75, 3.05) is 26.2 Å². The summed E-state index contributed by atoms with van der Waals surface area (Å²) in [6, 6.07) is 0. The van der Waals surface area contributed by atoms with Crippen LogP contribution in [0.1, 0.15) is 38.5 Å². The predicted molar refractivity (Wildman–Crippen MR) is 60.8 cm³/mol. The second kappa shape index (κ2) is 2.78. The summed E-state index contributed by atoms with van der Waals surface area (Å²) in [5.41, 5.74) is 1.38. The van der Waals surface area contributed by atoms with Crippen molar-refractivity contribution in [1.82, 2.24) is 10.2 Å². The van der Waals surface area contributed by atoms with E-state index in [4.69, 9.17) is 0 Å². The Labute approximate surface area is 92.4 Å². The molecule has 0 radical (unpaired) electrons. The van der Waals surface area contributed by atoms with Crippen molar-refractivity contribution in [2.24, 2.45) is 11.3 Å². The molecule has 0 bridgehead atoms. The third-order valence-electron chi connectivity index (χ3n) is 5.89. The van der Waals surface area contributed by atoms with Crippen LogP contribution < -0.4 is 5.32 Å². The summed E-state index contributed by atoms with van der Waals surface area (Å²) in [7, 11) is 0. The zero-order chi connectivity index (χ0) is 9.93. The molecule has 1 spiro atoms. The van der Waals surface area contributed by atoms with Crippen molar-refractivity contribution in [3.05, 3.63) is 0 Å². The van der Waals surface area contributed by atoms with Gasteiger partial charge >= 0.3 is 0 Å². The van der Waals surface area contributed by atoms with Crippen LogP contribution in [-0.4, -0.2) is 36.6 Å². The molecule has 4 aliphatic rings. The molecule has 2 saturated heterocycles. The van der Waals surface area contributed by atoms with Gasteiger partial charge in [-0.15, -0.1) is 0 Å². The molecule has 2 heterocycles. The predicted octanol–water partition coefficient (Wildman–Crippen LogP) is 1.61. The van der Waals surface area contributed by atoms with Crippen molar-refractivity contribution in [3.8, 4) is 0 Å². The van der Waals surface area contributed by atoms with Crippen molar-refractivity contribution < 1.29 is 0 Å². The fourth-order valence-electron chi connectivity index (χ4n) is 5.35. The molecule has 2 heteroatoms. The molecule has 2 aliphatic carbocycles. The second-order valence-corrected chi connectivity index (χ2v) is 6.18. The minimum absolute atomic E-state index is 0.645. The van der Waals surface area contributed by atoms with E-state index in [9.17, 15) is 0 Å². The number of likely N-dealkylation sites (tertiary alicyclic amines) is 1. The zero-order valence-electron chi connectivity index (χ0n) is 9.60. The molecule has 2 nitrogen and oxygen atoms in total. The van der Waals surface area contributed by atoms with Gasteiger partial charge in [-0.3, -0.25) is 4.90 Å². The monoisotopic (exact) mass is 206 g/mol. The number of nitrogens with zero attached hydrogens (tertiary/aromatic N) is 1. The van der Waals surface area contributed by atoms with Gasteiger partial charge in [-0.2, -0.15) is 0 Å². The smallest absolute Gasteiger partial charge is 0.0440 e. The molecule has 4 fully saturated rings. The van der Waals surface area contributed by atoms with Crippen molar-refractivity contribution in [2.45, 2.75) is 44.1 Å². The molecule has 0 aromatic rings. The number of piperidine rings is 2. The molecule has 15 heavy (non-hydrogen) atoms. The van der Waals surface area contributed by atoms with E-state index < -0.39 is 0 Å². The first-order valence-electron chi connectivity index (χ1n) is 6.86. The Morgan fingerprint density at radius 2 is 1.87 bits per heavy atom. The minimum Gasteiger partial charge on any atom is -0.314 e. The molecule has 84 valence electrons. The van der Waals surface area contributed by atoms with Gasteiger partial charge in [0, 0.05) is 24.0 Å². The minimum atomic E-state index is 0.645. The van der Waals surface area contributed by atoms with Crippen LogP contribution in [0.3, 0.4) is 0 Å². The Morgan fingerprint density at radius 3 is 2.67 bits per heavy atom. The Hall–Kier alpha value is -0.0800. The Balaban J connectivity index is 1.65. The molecule has 4 rings (SSSR count). The summed E-state index contributed by atoms with van der Waals surface area (Å²) in [5.74, 6) is 1.07. The third-order valence-corrected chi connectivity index (χ3v) is 5.89. The highest BCUT2D eigenvalue weighted by Gasteiger charge is 2.81. The lowest BCUT2D eigenvalue weighted by Gasteiger charge is -2.37. The van der Waals surface area contributed by atoms with E-state index in [1.807, 2.05) is 0 Å². The lowest BCUT2D eigenvalue weighted by Crippen LogP contribution is -2.47. The number of nitrogens with one attached hydrogen (secondary N) is 1. The van der Waals surface area contributed by atoms with E-state index in [0.29, 0.717) is 5.54 Å². The van der Waals surface area contributed by atoms with Gasteiger partial charge in [-0.05, 0) is 44.7 Å². The van der Waals surface area contributed by atoms with Crippen molar-refractivity contribution in [3.63, 3.8) is 0 Å². The second-order valence-electron chi connectivity index (χ2n) is 6.18. The topological polar surface area (TPSA) is 15.3 Å². The molecular formula is C13H22N2. The highest BCUT2D eigenvalue weighted by atomic mass is 15.3. The summed E-state index contributed by atoms with van der Waals surface area (Å²) in [6.07, 6.45) is 8.91. The van der Waals surface area contributed by atoms with Gasteiger partial charge < -0.3 is 5.32 Å². The number of hydrogen-bond donors (Lipinski definition) is 1. The maximum Gasteiger partial charge on any atom is 0.0440 e. The number of fused-ring (bicyclic) bond motifs is 1. The molecule has 3 atom stereocenters. The van der Waals surface area contributed by atoms with Crippen molar-refractivity contribution >= 4 is 0 Å². The van der Waals surface area contributed by atoms with E-state index in [0.717, 1.165) is 11.3 Å². The molecule has 1 N–H and O–H groups in total. The lowest BCUT2D eigenvalue weighted by atomic mass is 9.95. The first kappa shape index (κ1) is 9.00. The molecule has 2 saturated carbocycles. The third kappa shape index (κ3) is 0.861. The van der Waals surface area contributed by atoms with Crippen LogP contribution in [0.2, 0.25) is 0 Å². The summed E-state index contributed by atoms with van der Waals surface area (Å²) in [6.45, 7) is 5.41. The molecule has 0 amide bonds. The normalized spacial score (nSPS) is 54.0. The molecular weight excluding hydrogens is 184 g/mol.